The van der Waals surface area contributed by atoms with E-state index in [1.54, 1.807) is 0 Å². The van der Waals surface area contributed by atoms with Gasteiger partial charge in [0.1, 0.15) is 0 Å². The van der Waals surface area contributed by atoms with Crippen molar-refractivity contribution < 1.29 is 19.1 Å². The van der Waals surface area contributed by atoms with Crippen LogP contribution in [-0.2, 0) is 11.2 Å². The number of carbonyl (C=O) groups is 2. The number of carbonyl (C=O) groups excluding carboxylic acids is 1. The number of carboxylic acids is 1. The average molecular weight is 225 g/mol. The number of benzene rings is 1. The highest BCUT2D eigenvalue weighted by molar-refractivity contribution is 5.99. The number of carboxylic acid groups (broad SMARTS) is 1. The standard InChI is InChI=1S/C11H12FNO3/c1-7(14)13-10-6-8(4-5-12)2-3-9(10)11(15)16/h2-3,6H,4-5H2,1H3,(H,13,14)(H,15,16). The van der Waals surface area contributed by atoms with E-state index in [-0.39, 0.29) is 23.6 Å². The zero-order valence-electron chi connectivity index (χ0n) is 8.79. The first kappa shape index (κ1) is 12.2. The molecule has 2 N–H and O–H groups in total. The van der Waals surface area contributed by atoms with Crippen LogP contribution in [-0.4, -0.2) is 23.7 Å². The fourth-order valence-corrected chi connectivity index (χ4v) is 1.34. The topological polar surface area (TPSA) is 66.4 Å². The highest BCUT2D eigenvalue weighted by Gasteiger charge is 2.11. The molecule has 0 saturated heterocycles. The van der Waals surface area contributed by atoms with E-state index < -0.39 is 12.6 Å². The fourth-order valence-electron chi connectivity index (χ4n) is 1.34. The molecular weight excluding hydrogens is 213 g/mol. The summed E-state index contributed by atoms with van der Waals surface area (Å²) in [6, 6.07) is 4.37. The van der Waals surface area contributed by atoms with Crippen LogP contribution in [0.5, 0.6) is 0 Å². The van der Waals surface area contributed by atoms with Crippen LogP contribution in [0, 0.1) is 0 Å². The minimum absolute atomic E-state index is 0.00203. The lowest BCUT2D eigenvalue weighted by Gasteiger charge is -2.08. The van der Waals surface area contributed by atoms with Crippen LogP contribution in [0.3, 0.4) is 0 Å². The molecule has 4 nitrogen and oxygen atoms in total. The molecule has 0 bridgehead atoms. The summed E-state index contributed by atoms with van der Waals surface area (Å²) in [7, 11) is 0. The third-order valence-electron chi connectivity index (χ3n) is 2.01. The van der Waals surface area contributed by atoms with Crippen molar-refractivity contribution in [1.82, 2.24) is 0 Å². The third kappa shape index (κ3) is 3.05. The number of hydrogen-bond acceptors (Lipinski definition) is 2. The molecule has 0 atom stereocenters. The number of aromatic carboxylic acids is 1. The first-order chi connectivity index (χ1) is 7.54. The monoisotopic (exact) mass is 225 g/mol. The van der Waals surface area contributed by atoms with Crippen LogP contribution in [0.4, 0.5) is 10.1 Å². The Kier molecular flexibility index (Phi) is 3.99. The molecule has 0 unspecified atom stereocenters. The van der Waals surface area contributed by atoms with Gasteiger partial charge in [0.2, 0.25) is 5.91 Å². The number of anilines is 1. The molecule has 0 radical (unpaired) electrons. The van der Waals surface area contributed by atoms with Crippen molar-refractivity contribution >= 4 is 17.6 Å². The molecule has 0 heterocycles. The van der Waals surface area contributed by atoms with Crippen molar-refractivity contribution in [1.29, 1.82) is 0 Å². The van der Waals surface area contributed by atoms with E-state index in [2.05, 4.69) is 5.32 Å². The Labute approximate surface area is 92.1 Å². The predicted octanol–water partition coefficient (Wildman–Crippen LogP) is 1.86. The molecular formula is C11H12FNO3. The van der Waals surface area contributed by atoms with Crippen molar-refractivity contribution in [3.63, 3.8) is 0 Å². The maximum Gasteiger partial charge on any atom is 0.337 e. The molecule has 1 aromatic carbocycles. The minimum atomic E-state index is -1.13. The Morgan fingerprint density at radius 1 is 1.44 bits per heavy atom. The molecule has 0 aliphatic rings. The van der Waals surface area contributed by atoms with E-state index in [0.717, 1.165) is 0 Å². The van der Waals surface area contributed by atoms with Gasteiger partial charge in [0, 0.05) is 13.3 Å². The Morgan fingerprint density at radius 3 is 2.62 bits per heavy atom. The van der Waals surface area contributed by atoms with Crippen LogP contribution >= 0.6 is 0 Å². The zero-order valence-corrected chi connectivity index (χ0v) is 8.79. The van der Waals surface area contributed by atoms with Gasteiger partial charge in [-0.05, 0) is 17.7 Å². The summed E-state index contributed by atoms with van der Waals surface area (Å²) in [5.41, 5.74) is 0.847. The van der Waals surface area contributed by atoms with Gasteiger partial charge >= 0.3 is 5.97 Å². The highest BCUT2D eigenvalue weighted by atomic mass is 19.1. The smallest absolute Gasteiger partial charge is 0.337 e. The Hall–Kier alpha value is -1.91. The quantitative estimate of drug-likeness (QED) is 0.821. The summed E-state index contributed by atoms with van der Waals surface area (Å²) in [6.07, 6.45) is 0.201. The van der Waals surface area contributed by atoms with Crippen molar-refractivity contribution in [2.75, 3.05) is 12.0 Å². The molecule has 5 heteroatoms. The normalized spacial score (nSPS) is 9.88. The largest absolute Gasteiger partial charge is 0.478 e. The third-order valence-corrected chi connectivity index (χ3v) is 2.01. The summed E-state index contributed by atoms with van der Waals surface area (Å²) < 4.78 is 12.1. The van der Waals surface area contributed by atoms with E-state index >= 15 is 0 Å². The molecule has 1 aromatic rings. The van der Waals surface area contributed by atoms with Crippen molar-refractivity contribution in [2.24, 2.45) is 0 Å². The summed E-state index contributed by atoms with van der Waals surface area (Å²) >= 11 is 0. The number of amides is 1. The van der Waals surface area contributed by atoms with Crippen molar-refractivity contribution in [3.05, 3.63) is 29.3 Å². The van der Waals surface area contributed by atoms with Gasteiger partial charge in [0.05, 0.1) is 17.9 Å². The molecule has 0 saturated carbocycles. The summed E-state index contributed by atoms with van der Waals surface area (Å²) in [6.45, 7) is 0.763. The number of rotatable bonds is 4. The second kappa shape index (κ2) is 5.25. The second-order valence-electron chi connectivity index (χ2n) is 3.31. The lowest BCUT2D eigenvalue weighted by Crippen LogP contribution is -2.11. The van der Waals surface area contributed by atoms with E-state index in [4.69, 9.17) is 5.11 Å². The van der Waals surface area contributed by atoms with E-state index in [1.807, 2.05) is 0 Å². The molecule has 0 fully saturated rings. The van der Waals surface area contributed by atoms with Gasteiger partial charge in [0.15, 0.2) is 0 Å². The van der Waals surface area contributed by atoms with Gasteiger partial charge in [0.25, 0.3) is 0 Å². The predicted molar refractivity (Wildman–Crippen MR) is 57.4 cm³/mol. The molecule has 1 amide bonds. The molecule has 0 aromatic heterocycles. The number of alkyl halides is 1. The number of hydrogen-bond donors (Lipinski definition) is 2. The maximum absolute atomic E-state index is 12.1. The minimum Gasteiger partial charge on any atom is -0.478 e. The molecule has 0 spiro atoms. The number of aryl methyl sites for hydroxylation is 1. The fraction of sp³-hybridized carbons (Fsp3) is 0.273. The number of halogens is 1. The molecule has 0 aliphatic heterocycles. The highest BCUT2D eigenvalue weighted by Crippen LogP contribution is 2.18. The average Bonchev–Trinajstić information content (AvgIpc) is 2.16. The number of nitrogens with one attached hydrogen (secondary N) is 1. The molecule has 16 heavy (non-hydrogen) atoms. The zero-order chi connectivity index (χ0) is 12.1. The van der Waals surface area contributed by atoms with Crippen LogP contribution in [0.15, 0.2) is 18.2 Å². The van der Waals surface area contributed by atoms with Crippen molar-refractivity contribution in [2.45, 2.75) is 13.3 Å². The van der Waals surface area contributed by atoms with Gasteiger partial charge in [-0.25, -0.2) is 4.79 Å². The lowest BCUT2D eigenvalue weighted by molar-refractivity contribution is -0.114. The van der Waals surface area contributed by atoms with Crippen LogP contribution in [0.1, 0.15) is 22.8 Å². The van der Waals surface area contributed by atoms with E-state index in [1.165, 1.54) is 25.1 Å². The molecule has 1 rings (SSSR count). The van der Waals surface area contributed by atoms with Gasteiger partial charge in [-0.2, -0.15) is 0 Å². The van der Waals surface area contributed by atoms with Gasteiger partial charge in [-0.1, -0.05) is 6.07 Å². The first-order valence-electron chi connectivity index (χ1n) is 4.74. The summed E-state index contributed by atoms with van der Waals surface area (Å²) in [5.74, 6) is -1.49. The van der Waals surface area contributed by atoms with Gasteiger partial charge in [-0.15, -0.1) is 0 Å². The maximum atomic E-state index is 12.1. The van der Waals surface area contributed by atoms with E-state index in [0.29, 0.717) is 5.56 Å². The van der Waals surface area contributed by atoms with Gasteiger partial charge < -0.3 is 10.4 Å². The first-order valence-corrected chi connectivity index (χ1v) is 4.74. The van der Waals surface area contributed by atoms with Crippen LogP contribution in [0.25, 0.3) is 0 Å². The summed E-state index contributed by atoms with van der Waals surface area (Å²) in [5, 5.41) is 11.3. The lowest BCUT2D eigenvalue weighted by atomic mass is 10.1. The Morgan fingerprint density at radius 2 is 2.12 bits per heavy atom. The summed E-state index contributed by atoms with van der Waals surface area (Å²) in [4.78, 5) is 21.7. The second-order valence-corrected chi connectivity index (χ2v) is 3.31. The SMILES string of the molecule is CC(=O)Nc1cc(CCF)ccc1C(=O)O. The molecule has 86 valence electrons. The van der Waals surface area contributed by atoms with E-state index in [9.17, 15) is 14.0 Å². The Bertz CT molecular complexity index is 418. The van der Waals surface area contributed by atoms with Crippen LogP contribution in [0.2, 0.25) is 0 Å². The van der Waals surface area contributed by atoms with Gasteiger partial charge in [-0.3, -0.25) is 9.18 Å². The van der Waals surface area contributed by atoms with Crippen LogP contribution < -0.4 is 5.32 Å². The van der Waals surface area contributed by atoms with Crippen molar-refractivity contribution in [3.8, 4) is 0 Å². The Balaban J connectivity index is 3.10. The molecule has 0 aliphatic carbocycles.